The van der Waals surface area contributed by atoms with Crippen LogP contribution in [0.4, 0.5) is 0 Å². The summed E-state index contributed by atoms with van der Waals surface area (Å²) in [4.78, 5) is 12.3. The zero-order chi connectivity index (χ0) is 14.9. The van der Waals surface area contributed by atoms with Crippen molar-refractivity contribution in [1.82, 2.24) is 15.1 Å². The Morgan fingerprint density at radius 3 is 3.00 bits per heavy atom. The molecule has 0 saturated carbocycles. The molecule has 2 aromatic rings. The third-order valence-electron chi connectivity index (χ3n) is 4.15. The van der Waals surface area contributed by atoms with Crippen LogP contribution in [0, 0.1) is 0 Å². The lowest BCUT2D eigenvalue weighted by molar-refractivity contribution is -0.139. The molecule has 0 radical (unpaired) electrons. The number of carbonyl (C=O) groups is 1. The van der Waals surface area contributed by atoms with Crippen molar-refractivity contribution >= 4 is 16.8 Å². The highest BCUT2D eigenvalue weighted by Gasteiger charge is 2.37. The average molecular weight is 287 g/mol. The molecule has 5 nitrogen and oxygen atoms in total. The number of ether oxygens (including phenoxy) is 1. The smallest absolute Gasteiger partial charge is 0.252 e. The first kappa shape index (κ1) is 14.1. The minimum atomic E-state index is -0.677. The van der Waals surface area contributed by atoms with Gasteiger partial charge in [0, 0.05) is 18.5 Å². The van der Waals surface area contributed by atoms with Crippen molar-refractivity contribution in [1.29, 1.82) is 0 Å². The maximum Gasteiger partial charge on any atom is 0.252 e. The van der Waals surface area contributed by atoms with E-state index >= 15 is 0 Å². The predicted octanol–water partition coefficient (Wildman–Crippen LogP) is 2.24. The number of aromatic nitrogens is 2. The monoisotopic (exact) mass is 287 g/mol. The largest absolute Gasteiger partial charge is 0.365 e. The molecule has 0 unspecified atom stereocenters. The second-order valence-corrected chi connectivity index (χ2v) is 5.65. The van der Waals surface area contributed by atoms with Crippen LogP contribution in [0.15, 0.2) is 24.3 Å². The van der Waals surface area contributed by atoms with E-state index in [0.29, 0.717) is 13.2 Å². The van der Waals surface area contributed by atoms with E-state index in [1.807, 2.05) is 29.8 Å². The van der Waals surface area contributed by atoms with Gasteiger partial charge in [-0.2, -0.15) is 5.10 Å². The van der Waals surface area contributed by atoms with Crippen molar-refractivity contribution in [3.8, 4) is 0 Å². The molecule has 1 aliphatic heterocycles. The van der Waals surface area contributed by atoms with Gasteiger partial charge in [-0.15, -0.1) is 0 Å². The number of hydrogen-bond donors (Lipinski definition) is 1. The molecular weight excluding hydrogens is 266 g/mol. The van der Waals surface area contributed by atoms with Gasteiger partial charge in [-0.1, -0.05) is 18.2 Å². The van der Waals surface area contributed by atoms with E-state index in [1.54, 1.807) is 0 Å². The lowest BCUT2D eigenvalue weighted by Gasteiger charge is -2.21. The van der Waals surface area contributed by atoms with E-state index in [4.69, 9.17) is 4.74 Å². The summed E-state index contributed by atoms with van der Waals surface area (Å²) >= 11 is 0. The molecule has 0 aliphatic carbocycles. The molecule has 2 heterocycles. The standard InChI is InChI=1S/C16H21N3O2/c1-3-19-14-8-5-4-7-12(14)13(18-19)11-17-15(20)16(2)9-6-10-21-16/h4-5,7-8H,3,6,9-11H2,1-2H3,(H,17,20)/t16-/m0/s1. The van der Waals surface area contributed by atoms with Gasteiger partial charge in [-0.3, -0.25) is 9.48 Å². The van der Waals surface area contributed by atoms with Gasteiger partial charge >= 0.3 is 0 Å². The van der Waals surface area contributed by atoms with Crippen LogP contribution in [0.25, 0.3) is 10.9 Å². The van der Waals surface area contributed by atoms with E-state index in [0.717, 1.165) is 36.0 Å². The van der Waals surface area contributed by atoms with Crippen LogP contribution in [0.5, 0.6) is 0 Å². The van der Waals surface area contributed by atoms with Crippen LogP contribution in [0.2, 0.25) is 0 Å². The van der Waals surface area contributed by atoms with Crippen molar-refractivity contribution < 1.29 is 9.53 Å². The van der Waals surface area contributed by atoms with E-state index < -0.39 is 5.60 Å². The Balaban J connectivity index is 1.78. The first-order chi connectivity index (χ1) is 10.1. The Morgan fingerprint density at radius 2 is 2.29 bits per heavy atom. The Hall–Kier alpha value is -1.88. The molecule has 0 bridgehead atoms. The van der Waals surface area contributed by atoms with Crippen molar-refractivity contribution in [3.63, 3.8) is 0 Å². The Kier molecular flexibility index (Phi) is 3.68. The van der Waals surface area contributed by atoms with Gasteiger partial charge in [0.05, 0.1) is 17.8 Å². The normalized spacial score (nSPS) is 21.8. The number of nitrogens with zero attached hydrogens (tertiary/aromatic N) is 2. The SMILES string of the molecule is CCn1nc(CNC(=O)[C@]2(C)CCCO2)c2ccccc21. The fraction of sp³-hybridized carbons (Fsp3) is 0.500. The average Bonchev–Trinajstić information content (AvgIpc) is 3.10. The molecule has 112 valence electrons. The highest BCUT2D eigenvalue weighted by atomic mass is 16.5. The van der Waals surface area contributed by atoms with Gasteiger partial charge < -0.3 is 10.1 Å². The summed E-state index contributed by atoms with van der Waals surface area (Å²) in [5, 5.41) is 8.66. The van der Waals surface area contributed by atoms with E-state index in [-0.39, 0.29) is 5.91 Å². The summed E-state index contributed by atoms with van der Waals surface area (Å²) in [7, 11) is 0. The van der Waals surface area contributed by atoms with Crippen LogP contribution in [-0.4, -0.2) is 27.9 Å². The van der Waals surface area contributed by atoms with Gasteiger partial charge in [0.1, 0.15) is 5.60 Å². The molecule has 1 aromatic carbocycles. The zero-order valence-electron chi connectivity index (χ0n) is 12.6. The van der Waals surface area contributed by atoms with Crippen molar-refractivity contribution in [2.24, 2.45) is 0 Å². The highest BCUT2D eigenvalue weighted by molar-refractivity contribution is 5.86. The van der Waals surface area contributed by atoms with E-state index in [2.05, 4.69) is 23.4 Å². The Labute approximate surface area is 124 Å². The second kappa shape index (κ2) is 5.48. The molecule has 1 atom stereocenters. The first-order valence-electron chi connectivity index (χ1n) is 7.51. The molecule has 1 amide bonds. The minimum absolute atomic E-state index is 0.0462. The Bertz CT molecular complexity index is 657. The molecule has 21 heavy (non-hydrogen) atoms. The minimum Gasteiger partial charge on any atom is -0.365 e. The third-order valence-corrected chi connectivity index (χ3v) is 4.15. The molecule has 1 aliphatic rings. The number of para-hydroxylation sites is 1. The lowest BCUT2D eigenvalue weighted by Crippen LogP contribution is -2.43. The van der Waals surface area contributed by atoms with Gasteiger partial charge in [-0.05, 0) is 32.8 Å². The second-order valence-electron chi connectivity index (χ2n) is 5.65. The van der Waals surface area contributed by atoms with Crippen LogP contribution in [0.1, 0.15) is 32.4 Å². The maximum absolute atomic E-state index is 12.3. The van der Waals surface area contributed by atoms with Crippen molar-refractivity contribution in [2.75, 3.05) is 6.61 Å². The summed E-state index contributed by atoms with van der Waals surface area (Å²) in [6, 6.07) is 8.10. The fourth-order valence-corrected chi connectivity index (χ4v) is 2.88. The van der Waals surface area contributed by atoms with Crippen LogP contribution in [-0.2, 0) is 22.6 Å². The lowest BCUT2D eigenvalue weighted by atomic mass is 10.0. The molecule has 1 saturated heterocycles. The van der Waals surface area contributed by atoms with Crippen LogP contribution >= 0.6 is 0 Å². The summed E-state index contributed by atoms with van der Waals surface area (Å²) in [6.45, 7) is 5.84. The number of nitrogens with one attached hydrogen (secondary N) is 1. The maximum atomic E-state index is 12.3. The van der Waals surface area contributed by atoms with E-state index in [1.165, 1.54) is 0 Å². The molecule has 1 aromatic heterocycles. The van der Waals surface area contributed by atoms with Crippen LogP contribution in [0.3, 0.4) is 0 Å². The zero-order valence-corrected chi connectivity index (χ0v) is 12.6. The van der Waals surface area contributed by atoms with Crippen molar-refractivity contribution in [2.45, 2.75) is 45.4 Å². The van der Waals surface area contributed by atoms with Crippen LogP contribution < -0.4 is 5.32 Å². The van der Waals surface area contributed by atoms with Gasteiger partial charge in [-0.25, -0.2) is 0 Å². The summed E-state index contributed by atoms with van der Waals surface area (Å²) < 4.78 is 7.53. The van der Waals surface area contributed by atoms with Gasteiger partial charge in [0.2, 0.25) is 0 Å². The summed E-state index contributed by atoms with van der Waals surface area (Å²) in [5.74, 6) is -0.0462. The summed E-state index contributed by atoms with van der Waals surface area (Å²) in [5.41, 5.74) is 1.33. The number of aryl methyl sites for hydroxylation is 1. The van der Waals surface area contributed by atoms with E-state index in [9.17, 15) is 4.79 Å². The number of benzene rings is 1. The fourth-order valence-electron chi connectivity index (χ4n) is 2.88. The number of rotatable bonds is 4. The molecule has 5 heteroatoms. The Morgan fingerprint density at radius 1 is 1.48 bits per heavy atom. The molecular formula is C16H21N3O2. The number of hydrogen-bond acceptors (Lipinski definition) is 3. The highest BCUT2D eigenvalue weighted by Crippen LogP contribution is 2.25. The first-order valence-corrected chi connectivity index (χ1v) is 7.51. The topological polar surface area (TPSA) is 56.2 Å². The number of carbonyl (C=O) groups excluding carboxylic acids is 1. The third kappa shape index (κ3) is 2.53. The number of amides is 1. The van der Waals surface area contributed by atoms with Crippen molar-refractivity contribution in [3.05, 3.63) is 30.0 Å². The molecule has 3 rings (SSSR count). The molecule has 1 N–H and O–H groups in total. The molecule has 0 spiro atoms. The predicted molar refractivity (Wildman–Crippen MR) is 80.8 cm³/mol. The van der Waals surface area contributed by atoms with Gasteiger partial charge in [0.25, 0.3) is 5.91 Å². The summed E-state index contributed by atoms with van der Waals surface area (Å²) in [6.07, 6.45) is 1.72. The quantitative estimate of drug-likeness (QED) is 0.938. The van der Waals surface area contributed by atoms with Gasteiger partial charge in [0.15, 0.2) is 0 Å². The molecule has 1 fully saturated rings. The number of fused-ring (bicyclic) bond motifs is 1.